The van der Waals surface area contributed by atoms with Crippen LogP contribution in [0.1, 0.15) is 20.8 Å². The van der Waals surface area contributed by atoms with Gasteiger partial charge in [0, 0.05) is 13.8 Å². The van der Waals surface area contributed by atoms with Gasteiger partial charge in [-0.05, 0) is 6.92 Å². The number of ether oxygens (including phenoxy) is 3. The molecule has 0 bridgehead atoms. The fraction of sp³-hybridized carbons (Fsp3) is 0.625. The standard InChI is InChI=1S/C8H14O4/c1-5-10-8(4,11-6-2)12-7(3)9/h5H,1,6H2,2-4H3. The molecule has 0 aliphatic heterocycles. The molecule has 0 N–H and O–H groups in total. The van der Waals surface area contributed by atoms with Crippen LogP contribution in [0.25, 0.3) is 0 Å². The Hall–Kier alpha value is -1.03. The summed E-state index contributed by atoms with van der Waals surface area (Å²) in [6, 6.07) is 0. The van der Waals surface area contributed by atoms with Crippen LogP contribution in [-0.4, -0.2) is 18.5 Å². The Morgan fingerprint density at radius 1 is 1.67 bits per heavy atom. The summed E-state index contributed by atoms with van der Waals surface area (Å²) in [4.78, 5) is 10.6. The Kier molecular flexibility index (Phi) is 4.36. The fourth-order valence-electron chi connectivity index (χ4n) is 0.762. The Morgan fingerprint density at radius 2 is 2.25 bits per heavy atom. The third-order valence-corrected chi connectivity index (χ3v) is 1.03. The SMILES string of the molecule is C=COC(C)(OCC)OC(C)=O. The van der Waals surface area contributed by atoms with Crippen molar-refractivity contribution in [3.05, 3.63) is 12.8 Å². The molecule has 0 amide bonds. The van der Waals surface area contributed by atoms with Gasteiger partial charge in [0.25, 0.3) is 0 Å². The van der Waals surface area contributed by atoms with Crippen LogP contribution in [0.3, 0.4) is 0 Å². The first-order chi connectivity index (χ1) is 5.54. The predicted octanol–water partition coefficient (Wildman–Crippen LogP) is 1.42. The lowest BCUT2D eigenvalue weighted by atomic mass is 10.6. The molecule has 0 aromatic rings. The minimum Gasteiger partial charge on any atom is -0.439 e. The predicted molar refractivity (Wildman–Crippen MR) is 43.1 cm³/mol. The van der Waals surface area contributed by atoms with Gasteiger partial charge in [-0.2, -0.15) is 0 Å². The van der Waals surface area contributed by atoms with E-state index in [-0.39, 0.29) is 0 Å². The molecule has 0 aliphatic rings. The Bertz CT molecular complexity index is 166. The number of carbonyl (C=O) groups is 1. The summed E-state index contributed by atoms with van der Waals surface area (Å²) in [7, 11) is 0. The van der Waals surface area contributed by atoms with Gasteiger partial charge < -0.3 is 14.2 Å². The van der Waals surface area contributed by atoms with Crippen LogP contribution in [0.15, 0.2) is 12.8 Å². The summed E-state index contributed by atoms with van der Waals surface area (Å²) < 4.78 is 14.7. The highest BCUT2D eigenvalue weighted by atomic mass is 16.9. The van der Waals surface area contributed by atoms with Crippen LogP contribution in [0.5, 0.6) is 0 Å². The van der Waals surface area contributed by atoms with E-state index in [0.29, 0.717) is 6.61 Å². The van der Waals surface area contributed by atoms with Crippen LogP contribution in [0, 0.1) is 0 Å². The van der Waals surface area contributed by atoms with Crippen LogP contribution in [-0.2, 0) is 19.0 Å². The van der Waals surface area contributed by atoms with Gasteiger partial charge in [0.1, 0.15) is 0 Å². The zero-order chi connectivity index (χ0) is 9.61. The molecule has 1 unspecified atom stereocenters. The van der Waals surface area contributed by atoms with Crippen molar-refractivity contribution in [2.45, 2.75) is 26.7 Å². The lowest BCUT2D eigenvalue weighted by Gasteiger charge is -2.26. The topological polar surface area (TPSA) is 44.8 Å². The number of carbonyl (C=O) groups excluding carboxylic acids is 1. The first-order valence-corrected chi connectivity index (χ1v) is 3.66. The molecule has 70 valence electrons. The van der Waals surface area contributed by atoms with Crippen LogP contribution in [0.4, 0.5) is 0 Å². The second-order valence-electron chi connectivity index (χ2n) is 2.17. The average Bonchev–Trinajstić information content (AvgIpc) is 1.85. The summed E-state index contributed by atoms with van der Waals surface area (Å²) in [6.07, 6.45) is 1.17. The normalized spacial score (nSPS) is 14.6. The average molecular weight is 174 g/mol. The van der Waals surface area contributed by atoms with Crippen molar-refractivity contribution in [2.75, 3.05) is 6.61 Å². The number of hydrogen-bond acceptors (Lipinski definition) is 4. The van der Waals surface area contributed by atoms with E-state index >= 15 is 0 Å². The molecule has 0 saturated carbocycles. The maximum absolute atomic E-state index is 10.6. The molecule has 0 radical (unpaired) electrons. The van der Waals surface area contributed by atoms with Crippen molar-refractivity contribution in [1.82, 2.24) is 0 Å². The van der Waals surface area contributed by atoms with Crippen molar-refractivity contribution in [3.8, 4) is 0 Å². The third-order valence-electron chi connectivity index (χ3n) is 1.03. The van der Waals surface area contributed by atoms with Gasteiger partial charge in [0.15, 0.2) is 0 Å². The van der Waals surface area contributed by atoms with Crippen molar-refractivity contribution in [2.24, 2.45) is 0 Å². The lowest BCUT2D eigenvalue weighted by molar-refractivity contribution is -0.329. The van der Waals surface area contributed by atoms with Gasteiger partial charge in [0.05, 0.1) is 12.9 Å². The molecule has 0 aromatic carbocycles. The molecule has 4 nitrogen and oxygen atoms in total. The van der Waals surface area contributed by atoms with Crippen LogP contribution >= 0.6 is 0 Å². The zero-order valence-electron chi connectivity index (χ0n) is 7.62. The summed E-state index contributed by atoms with van der Waals surface area (Å²) in [5.41, 5.74) is 0. The first-order valence-electron chi connectivity index (χ1n) is 3.66. The quantitative estimate of drug-likeness (QED) is 0.359. The minimum absolute atomic E-state index is 0.387. The molecular formula is C8H14O4. The molecular weight excluding hydrogens is 160 g/mol. The molecule has 4 heteroatoms. The Balaban J connectivity index is 4.15. The monoisotopic (exact) mass is 174 g/mol. The molecule has 1 atom stereocenters. The number of hydrogen-bond donors (Lipinski definition) is 0. The first kappa shape index (κ1) is 11.0. The summed E-state index contributed by atoms with van der Waals surface area (Å²) in [5, 5.41) is 0. The highest BCUT2D eigenvalue weighted by molar-refractivity contribution is 5.66. The highest BCUT2D eigenvalue weighted by Gasteiger charge is 2.28. The number of rotatable bonds is 5. The van der Waals surface area contributed by atoms with E-state index < -0.39 is 11.9 Å². The van der Waals surface area contributed by atoms with Gasteiger partial charge in [0.2, 0.25) is 0 Å². The van der Waals surface area contributed by atoms with E-state index in [0.717, 1.165) is 0 Å². The van der Waals surface area contributed by atoms with Crippen LogP contribution < -0.4 is 0 Å². The van der Waals surface area contributed by atoms with Crippen molar-refractivity contribution >= 4 is 5.97 Å². The van der Waals surface area contributed by atoms with Gasteiger partial charge >= 0.3 is 11.9 Å². The lowest BCUT2D eigenvalue weighted by Crippen LogP contribution is -2.35. The summed E-state index contributed by atoms with van der Waals surface area (Å²) in [6.45, 7) is 8.28. The second kappa shape index (κ2) is 4.77. The Labute approximate surface area is 72.1 Å². The molecule has 0 aliphatic carbocycles. The number of esters is 1. The van der Waals surface area contributed by atoms with E-state index in [1.807, 2.05) is 0 Å². The molecule has 0 fully saturated rings. The third kappa shape index (κ3) is 3.98. The van der Waals surface area contributed by atoms with E-state index in [9.17, 15) is 4.79 Å². The van der Waals surface area contributed by atoms with E-state index in [2.05, 4.69) is 6.58 Å². The van der Waals surface area contributed by atoms with Crippen molar-refractivity contribution in [1.29, 1.82) is 0 Å². The van der Waals surface area contributed by atoms with E-state index in [4.69, 9.17) is 14.2 Å². The summed E-state index contributed by atoms with van der Waals surface area (Å²) >= 11 is 0. The molecule has 0 spiro atoms. The van der Waals surface area contributed by atoms with Gasteiger partial charge in [-0.25, -0.2) is 0 Å². The zero-order valence-corrected chi connectivity index (χ0v) is 7.62. The summed E-state index contributed by atoms with van der Waals surface area (Å²) in [5.74, 6) is -1.81. The maximum Gasteiger partial charge on any atom is 0.370 e. The molecule has 12 heavy (non-hydrogen) atoms. The molecule has 0 aromatic heterocycles. The molecule has 0 heterocycles. The van der Waals surface area contributed by atoms with E-state index in [1.54, 1.807) is 6.92 Å². The molecule has 0 saturated heterocycles. The van der Waals surface area contributed by atoms with Crippen molar-refractivity contribution in [3.63, 3.8) is 0 Å². The van der Waals surface area contributed by atoms with E-state index in [1.165, 1.54) is 20.1 Å². The highest BCUT2D eigenvalue weighted by Crippen LogP contribution is 2.14. The largest absolute Gasteiger partial charge is 0.439 e. The van der Waals surface area contributed by atoms with Gasteiger partial charge in [-0.15, -0.1) is 0 Å². The maximum atomic E-state index is 10.6. The second-order valence-corrected chi connectivity index (χ2v) is 2.17. The van der Waals surface area contributed by atoms with Gasteiger partial charge in [-0.1, -0.05) is 6.58 Å². The fourth-order valence-corrected chi connectivity index (χ4v) is 0.762. The molecule has 0 rings (SSSR count). The smallest absolute Gasteiger partial charge is 0.370 e. The minimum atomic E-state index is -1.34. The van der Waals surface area contributed by atoms with Gasteiger partial charge in [-0.3, -0.25) is 4.79 Å². The van der Waals surface area contributed by atoms with Crippen molar-refractivity contribution < 1.29 is 19.0 Å². The Morgan fingerprint density at radius 3 is 2.58 bits per heavy atom. The van der Waals surface area contributed by atoms with Crippen LogP contribution in [0.2, 0.25) is 0 Å².